The van der Waals surface area contributed by atoms with E-state index < -0.39 is 6.10 Å². The molecule has 0 amide bonds. The second-order valence-electron chi connectivity index (χ2n) is 7.23. The summed E-state index contributed by atoms with van der Waals surface area (Å²) in [7, 11) is 1.71. The quantitative estimate of drug-likeness (QED) is 0.856. The predicted octanol–water partition coefficient (Wildman–Crippen LogP) is 2.71. The molecular formula is C22H28N2O4. The van der Waals surface area contributed by atoms with Crippen LogP contribution in [0.2, 0.25) is 0 Å². The van der Waals surface area contributed by atoms with Crippen LogP contribution in [0.1, 0.15) is 18.1 Å². The average Bonchev–Trinajstić information content (AvgIpc) is 2.99. The van der Waals surface area contributed by atoms with Gasteiger partial charge in [-0.1, -0.05) is 18.2 Å². The number of para-hydroxylation sites is 2. The average molecular weight is 384 g/mol. The maximum absolute atomic E-state index is 10.7. The summed E-state index contributed by atoms with van der Waals surface area (Å²) in [6.07, 6.45) is 0.332. The number of aliphatic hydroxyl groups excluding tert-OH is 1. The van der Waals surface area contributed by atoms with Crippen molar-refractivity contribution in [2.24, 2.45) is 0 Å². The summed E-state index contributed by atoms with van der Waals surface area (Å²) < 4.78 is 16.9. The largest absolute Gasteiger partial charge is 0.495 e. The summed E-state index contributed by atoms with van der Waals surface area (Å²) in [5, 5.41) is 10.7. The zero-order valence-corrected chi connectivity index (χ0v) is 16.3. The van der Waals surface area contributed by atoms with Gasteiger partial charge in [0.2, 0.25) is 0 Å². The number of piperazine rings is 1. The summed E-state index contributed by atoms with van der Waals surface area (Å²) in [6.45, 7) is 5.56. The number of benzene rings is 2. The van der Waals surface area contributed by atoms with Crippen molar-refractivity contribution in [2.45, 2.75) is 12.5 Å². The van der Waals surface area contributed by atoms with Crippen LogP contribution >= 0.6 is 0 Å². The lowest BCUT2D eigenvalue weighted by Gasteiger charge is -2.37. The normalized spacial score (nSPS) is 18.4. The van der Waals surface area contributed by atoms with Crippen molar-refractivity contribution in [1.82, 2.24) is 4.90 Å². The molecule has 1 atom stereocenters. The summed E-state index contributed by atoms with van der Waals surface area (Å²) in [5.74, 6) is 2.40. The molecule has 4 rings (SSSR count). The molecule has 2 aromatic rings. The van der Waals surface area contributed by atoms with Gasteiger partial charge in [-0.3, -0.25) is 4.90 Å². The van der Waals surface area contributed by atoms with Crippen LogP contribution in [-0.4, -0.2) is 63.1 Å². The molecule has 28 heavy (non-hydrogen) atoms. The van der Waals surface area contributed by atoms with Gasteiger partial charge < -0.3 is 24.2 Å². The minimum atomic E-state index is -0.546. The Labute approximate surface area is 166 Å². The van der Waals surface area contributed by atoms with E-state index in [0.717, 1.165) is 61.1 Å². The molecule has 6 heteroatoms. The first kappa shape index (κ1) is 18.9. The highest BCUT2D eigenvalue weighted by molar-refractivity contribution is 5.58. The maximum Gasteiger partial charge on any atom is 0.161 e. The summed E-state index contributed by atoms with van der Waals surface area (Å²) in [4.78, 5) is 4.65. The molecule has 0 radical (unpaired) electrons. The van der Waals surface area contributed by atoms with E-state index in [4.69, 9.17) is 14.2 Å². The Morgan fingerprint density at radius 2 is 1.75 bits per heavy atom. The van der Waals surface area contributed by atoms with Gasteiger partial charge in [0.1, 0.15) is 5.75 Å². The number of β-amino-alcohol motifs (C(OH)–C–C–N with tert-alkyl or cyclic N) is 1. The standard InChI is InChI=1S/C22H28N2O4/c1-26-20-6-3-2-5-18(20)24-11-9-23(10-12-24)16-19(25)17-7-8-21-22(15-17)28-14-4-13-27-21/h2-3,5-8,15,19,25H,4,9-14,16H2,1H3. The number of anilines is 1. The molecular weight excluding hydrogens is 356 g/mol. The fourth-order valence-electron chi connectivity index (χ4n) is 3.80. The van der Waals surface area contributed by atoms with E-state index in [9.17, 15) is 5.11 Å². The summed E-state index contributed by atoms with van der Waals surface area (Å²) >= 11 is 0. The maximum atomic E-state index is 10.7. The molecule has 2 aliphatic rings. The summed E-state index contributed by atoms with van der Waals surface area (Å²) in [5.41, 5.74) is 2.00. The number of aliphatic hydroxyl groups is 1. The molecule has 1 N–H and O–H groups in total. The van der Waals surface area contributed by atoms with E-state index in [2.05, 4.69) is 15.9 Å². The fourth-order valence-corrected chi connectivity index (χ4v) is 3.80. The zero-order valence-electron chi connectivity index (χ0n) is 16.3. The third kappa shape index (κ3) is 4.18. The molecule has 150 valence electrons. The molecule has 0 aromatic heterocycles. The number of fused-ring (bicyclic) bond motifs is 1. The van der Waals surface area contributed by atoms with Crippen molar-refractivity contribution in [3.8, 4) is 17.2 Å². The van der Waals surface area contributed by atoms with Gasteiger partial charge in [-0.2, -0.15) is 0 Å². The van der Waals surface area contributed by atoms with Crippen LogP contribution in [0.15, 0.2) is 42.5 Å². The Kier molecular flexibility index (Phi) is 5.88. The minimum absolute atomic E-state index is 0.546. The second-order valence-corrected chi connectivity index (χ2v) is 7.23. The van der Waals surface area contributed by atoms with E-state index in [-0.39, 0.29) is 0 Å². The topological polar surface area (TPSA) is 54.4 Å². The van der Waals surface area contributed by atoms with Crippen LogP contribution in [0.25, 0.3) is 0 Å². The van der Waals surface area contributed by atoms with Gasteiger partial charge in [-0.15, -0.1) is 0 Å². The lowest BCUT2D eigenvalue weighted by molar-refractivity contribution is 0.109. The molecule has 0 saturated carbocycles. The van der Waals surface area contributed by atoms with Gasteiger partial charge in [0, 0.05) is 39.1 Å². The second kappa shape index (κ2) is 8.71. The number of hydrogen-bond acceptors (Lipinski definition) is 6. The Hall–Kier alpha value is -2.44. The van der Waals surface area contributed by atoms with E-state index in [0.29, 0.717) is 19.8 Å². The number of hydrogen-bond donors (Lipinski definition) is 1. The fraction of sp³-hybridized carbons (Fsp3) is 0.455. The van der Waals surface area contributed by atoms with Crippen LogP contribution in [-0.2, 0) is 0 Å². The van der Waals surface area contributed by atoms with Crippen molar-refractivity contribution in [3.63, 3.8) is 0 Å². The zero-order chi connectivity index (χ0) is 19.3. The highest BCUT2D eigenvalue weighted by atomic mass is 16.5. The number of methoxy groups -OCH3 is 1. The smallest absolute Gasteiger partial charge is 0.161 e. The molecule has 1 saturated heterocycles. The van der Waals surface area contributed by atoms with Gasteiger partial charge in [0.05, 0.1) is 32.1 Å². The minimum Gasteiger partial charge on any atom is -0.495 e. The Bertz CT molecular complexity index is 790. The lowest BCUT2D eigenvalue weighted by Crippen LogP contribution is -2.47. The highest BCUT2D eigenvalue weighted by Crippen LogP contribution is 2.33. The van der Waals surface area contributed by atoms with Crippen molar-refractivity contribution in [2.75, 3.05) is 57.9 Å². The SMILES string of the molecule is COc1ccccc1N1CCN(CC(O)c2ccc3c(c2)OCCCO3)CC1. The number of nitrogens with zero attached hydrogens (tertiary/aromatic N) is 2. The molecule has 0 spiro atoms. The molecule has 6 nitrogen and oxygen atoms in total. The Morgan fingerprint density at radius 1 is 1.00 bits per heavy atom. The molecule has 0 bridgehead atoms. The molecule has 1 fully saturated rings. The van der Waals surface area contributed by atoms with Crippen LogP contribution in [0, 0.1) is 0 Å². The molecule has 2 aromatic carbocycles. The van der Waals surface area contributed by atoms with Gasteiger partial charge in [0.25, 0.3) is 0 Å². The number of rotatable bonds is 5. The van der Waals surface area contributed by atoms with Gasteiger partial charge in [-0.05, 0) is 29.8 Å². The summed E-state index contributed by atoms with van der Waals surface area (Å²) in [6, 6.07) is 13.9. The van der Waals surface area contributed by atoms with Gasteiger partial charge in [0.15, 0.2) is 11.5 Å². The lowest BCUT2D eigenvalue weighted by atomic mass is 10.1. The first-order valence-corrected chi connectivity index (χ1v) is 9.92. The van der Waals surface area contributed by atoms with Crippen LogP contribution in [0.4, 0.5) is 5.69 Å². The van der Waals surface area contributed by atoms with Crippen LogP contribution < -0.4 is 19.1 Å². The Morgan fingerprint density at radius 3 is 2.54 bits per heavy atom. The van der Waals surface area contributed by atoms with E-state index in [1.54, 1.807) is 7.11 Å². The third-order valence-electron chi connectivity index (χ3n) is 5.39. The molecule has 2 heterocycles. The van der Waals surface area contributed by atoms with Crippen molar-refractivity contribution >= 4 is 5.69 Å². The number of ether oxygens (including phenoxy) is 3. The third-order valence-corrected chi connectivity index (χ3v) is 5.39. The van der Waals surface area contributed by atoms with E-state index >= 15 is 0 Å². The first-order chi connectivity index (χ1) is 13.7. The molecule has 1 unspecified atom stereocenters. The van der Waals surface area contributed by atoms with E-state index in [1.165, 1.54) is 0 Å². The molecule has 0 aliphatic carbocycles. The van der Waals surface area contributed by atoms with Gasteiger partial charge in [-0.25, -0.2) is 0 Å². The predicted molar refractivity (Wildman–Crippen MR) is 109 cm³/mol. The first-order valence-electron chi connectivity index (χ1n) is 9.92. The monoisotopic (exact) mass is 384 g/mol. The van der Waals surface area contributed by atoms with Crippen LogP contribution in [0.5, 0.6) is 17.2 Å². The van der Waals surface area contributed by atoms with Crippen molar-refractivity contribution in [3.05, 3.63) is 48.0 Å². The highest BCUT2D eigenvalue weighted by Gasteiger charge is 2.22. The van der Waals surface area contributed by atoms with E-state index in [1.807, 2.05) is 36.4 Å². The van der Waals surface area contributed by atoms with Crippen LogP contribution in [0.3, 0.4) is 0 Å². The Balaban J connectivity index is 1.35. The molecule has 2 aliphatic heterocycles. The van der Waals surface area contributed by atoms with Crippen molar-refractivity contribution < 1.29 is 19.3 Å². The van der Waals surface area contributed by atoms with Crippen molar-refractivity contribution in [1.29, 1.82) is 0 Å². The van der Waals surface area contributed by atoms with Gasteiger partial charge >= 0.3 is 0 Å².